The molecule has 3 heterocycles. The molecule has 16 aromatic rings. The van der Waals surface area contributed by atoms with Crippen LogP contribution in [0.3, 0.4) is 0 Å². The van der Waals surface area contributed by atoms with Gasteiger partial charge in [-0.25, -0.2) is 15.0 Å². The second-order valence-electron chi connectivity index (χ2n) is 28.3. The molecule has 3 aliphatic rings. The maximum Gasteiger partial charge on any atom is 0.145 e. The van der Waals surface area contributed by atoms with Crippen LogP contribution in [0.1, 0.15) is 113 Å². The lowest BCUT2D eigenvalue weighted by molar-refractivity contribution is 0.490. The summed E-state index contributed by atoms with van der Waals surface area (Å²) < 4.78 is 19.6. The first-order valence-corrected chi connectivity index (χ1v) is 45.1. The van der Waals surface area contributed by atoms with E-state index in [1.165, 1.54) is 89.0 Å². The molecule has 12 heteroatoms. The van der Waals surface area contributed by atoms with Gasteiger partial charge in [0.25, 0.3) is 0 Å². The molecule has 3 aliphatic carbocycles. The fourth-order valence-electron chi connectivity index (χ4n) is 18.3. The summed E-state index contributed by atoms with van der Waals surface area (Å²) in [6.07, 6.45) is 6.62. The molecule has 4 radical (unpaired) electrons. The van der Waals surface area contributed by atoms with Crippen LogP contribution >= 0.6 is 56.2 Å². The fourth-order valence-corrected chi connectivity index (χ4v) is 18.3. The summed E-state index contributed by atoms with van der Waals surface area (Å²) in [5, 5.41) is 0. The Morgan fingerprint density at radius 3 is 0.769 bits per heavy atom. The smallest absolute Gasteiger partial charge is 0.145 e. The molecule has 526 valence electrons. The largest absolute Gasteiger partial charge is 0.292 e. The van der Waals surface area contributed by atoms with Gasteiger partial charge in [0.2, 0.25) is 0 Å². The van der Waals surface area contributed by atoms with Crippen LogP contribution in [-0.4, -0.2) is 46.3 Å². The monoisotopic (exact) mass is 1660 g/mol. The third-order valence-electron chi connectivity index (χ3n) is 23.6. The van der Waals surface area contributed by atoms with Crippen LogP contribution in [0, 0.1) is 0 Å². The van der Waals surface area contributed by atoms with Gasteiger partial charge in [-0.2, -0.15) is 0 Å². The lowest BCUT2D eigenvalue weighted by atomic mass is 9.72. The predicted molar refractivity (Wildman–Crippen MR) is 481 cm³/mol. The molecule has 0 fully saturated rings. The number of benzene rings is 13. The lowest BCUT2D eigenvalue weighted by Crippen LogP contribution is -2.23. The molecule has 2 atom stereocenters. The number of halogens is 2. The van der Waals surface area contributed by atoms with E-state index in [2.05, 4.69) is 322 Å². The standard InChI is InChI=1S/C51H50.C45H30N6.2BHIP/c1-7-49(8-2)43-19-15-13-17-37(43)39-25-21-33(29-45(39)49)35-23-27-41-42-28-24-36(32-48(42)51(11-5,12-6)47(41)31-35)34-22-26-40-38-18-14-16-20-44(38)50(9-3,10-4)46(40)30-34;1-4-16-34(17-5-1)49-40-25-13-10-22-37(40)46-43(49)31-28-32(44-47-38-23-11-14-26-41(38)50(44)35-18-6-2-7-19-35)30-33(29-31)45-48-39-24-12-15-27-42(39)51(45)36-20-8-3-9-21-36;2*1-3-2/h13-32H,7-12H2,1-6H3;1-30H;2*3H/i;;2*3T. The zero-order valence-corrected chi connectivity index (χ0v) is 67.7. The van der Waals surface area contributed by atoms with E-state index in [1.54, 1.807) is 0 Å². The third kappa shape index (κ3) is 12.4. The van der Waals surface area contributed by atoms with Crippen molar-refractivity contribution in [3.63, 3.8) is 0 Å². The first kappa shape index (κ1) is 70.4. The number of hydrogen-bond acceptors (Lipinski definition) is 3. The van der Waals surface area contributed by atoms with Crippen LogP contribution in [-0.2, 0) is 16.2 Å². The highest BCUT2D eigenvalue weighted by Gasteiger charge is 2.44. The van der Waals surface area contributed by atoms with Crippen molar-refractivity contribution in [3.05, 3.63) is 337 Å². The Labute approximate surface area is 669 Å². The van der Waals surface area contributed by atoms with E-state index in [4.69, 9.17) is 32.6 Å². The van der Waals surface area contributed by atoms with Crippen LogP contribution in [0.2, 0.25) is 0 Å². The van der Waals surface area contributed by atoms with Crippen molar-refractivity contribution in [1.82, 2.24) is 28.7 Å². The van der Waals surface area contributed by atoms with Gasteiger partial charge in [0.15, 0.2) is 0 Å². The molecular formula is C96H82B2I2N6P2. The highest BCUT2D eigenvalue weighted by molar-refractivity contribution is 14.2. The first-order valence-electron chi connectivity index (χ1n) is 38.5. The lowest BCUT2D eigenvalue weighted by Gasteiger charge is -2.31. The van der Waals surface area contributed by atoms with E-state index in [1.807, 2.05) is 80.5 Å². The van der Waals surface area contributed by atoms with Gasteiger partial charge in [-0.1, -0.05) is 274 Å². The SMILES string of the molecule is CCC1(CC)c2ccccc2-c2ccc(-c3ccc4c(c3)C(CC)(CC)c3cc(-c5ccc6c(c5)C(CC)(CC)c5ccccc5-6)ccc3-4)cc21.[3H]P([B])I.[3H]P([B])I.c1ccc(-n2c(-c3cc(-c4nc5ccccc5n4-c4ccccc4)cc(-c4nc5ccccc5n4-c4ccccc4)c3)nc3ccccc32)cc1. The summed E-state index contributed by atoms with van der Waals surface area (Å²) in [6.45, 7) is 14.3. The Morgan fingerprint density at radius 1 is 0.278 bits per heavy atom. The average molecular weight is 1660 g/mol. The molecule has 0 spiro atoms. The van der Waals surface area contributed by atoms with Crippen molar-refractivity contribution in [3.8, 4) is 107 Å². The zero-order valence-electron chi connectivity index (χ0n) is 63.6. The van der Waals surface area contributed by atoms with Gasteiger partial charge >= 0.3 is 0 Å². The normalized spacial score (nSPS) is 14.3. The van der Waals surface area contributed by atoms with Gasteiger partial charge in [0, 0.05) is 50.0 Å². The van der Waals surface area contributed by atoms with Gasteiger partial charge in [-0.15, -0.1) is 12.1 Å². The molecule has 0 amide bonds. The molecule has 19 rings (SSSR count). The number of aromatic nitrogens is 6. The van der Waals surface area contributed by atoms with Crippen molar-refractivity contribution >= 4 is 104 Å². The van der Waals surface area contributed by atoms with E-state index in [0.717, 1.165) is 123 Å². The Hall–Kier alpha value is -9.28. The minimum absolute atomic E-state index is 0.0101. The predicted octanol–water partition coefficient (Wildman–Crippen LogP) is 27.2. The van der Waals surface area contributed by atoms with Crippen molar-refractivity contribution in [2.45, 2.75) is 96.3 Å². The molecule has 3 aromatic heterocycles. The van der Waals surface area contributed by atoms with Crippen molar-refractivity contribution in [2.75, 3.05) is 0 Å². The summed E-state index contributed by atoms with van der Waals surface area (Å²) in [4.78, 5) is 15.9. The van der Waals surface area contributed by atoms with Crippen LogP contribution < -0.4 is 0 Å². The van der Waals surface area contributed by atoms with Crippen LogP contribution in [0.5, 0.6) is 0 Å². The maximum atomic E-state index is 6.41. The zero-order chi connectivity index (χ0) is 76.0. The summed E-state index contributed by atoms with van der Waals surface area (Å²) in [6, 6.07) is 109. The van der Waals surface area contributed by atoms with E-state index >= 15 is 0 Å². The van der Waals surface area contributed by atoms with Gasteiger partial charge in [0.05, 0.1) is 35.7 Å². The molecule has 0 aliphatic heterocycles. The number of para-hydroxylation sites is 9. The van der Waals surface area contributed by atoms with E-state index < -0.39 is 12.1 Å². The second-order valence-corrected chi connectivity index (χ2v) is 32.0. The molecule has 6 nitrogen and oxygen atoms in total. The topological polar surface area (TPSA) is 53.5 Å². The highest BCUT2D eigenvalue weighted by Crippen LogP contribution is 2.58. The van der Waals surface area contributed by atoms with Crippen LogP contribution in [0.25, 0.3) is 140 Å². The molecule has 108 heavy (non-hydrogen) atoms. The first-order chi connectivity index (χ1) is 53.7. The fraction of sp³-hybridized carbons (Fsp3) is 0.156. The summed E-state index contributed by atoms with van der Waals surface area (Å²) in [5.74, 6) is 2.53. The van der Waals surface area contributed by atoms with E-state index in [-0.39, 0.29) is 16.2 Å². The Balaban J connectivity index is 0.000000152. The molecule has 0 N–H and O–H groups in total. The maximum absolute atomic E-state index is 6.41. The summed E-state index contributed by atoms with van der Waals surface area (Å²) in [5.41, 5.74) is 34.9. The number of rotatable bonds is 14. The quantitative estimate of drug-likeness (QED) is 0.0619. The average Bonchev–Trinajstić information content (AvgIpc) is 1.56. The van der Waals surface area contributed by atoms with E-state index in [0.29, 0.717) is 0 Å². The summed E-state index contributed by atoms with van der Waals surface area (Å²) in [7, 11) is 9.66. The molecule has 0 saturated carbocycles. The Bertz CT molecular complexity index is 5590. The van der Waals surface area contributed by atoms with Gasteiger partial charge < -0.3 is 0 Å². The minimum atomic E-state index is -0.900. The molecule has 2 unspecified atom stereocenters. The van der Waals surface area contributed by atoms with Crippen molar-refractivity contribution < 1.29 is 0 Å². The number of fused-ring (bicyclic) bond motifs is 12. The third-order valence-corrected chi connectivity index (χ3v) is 23.6. The number of imidazole rings is 3. The molecule has 0 saturated heterocycles. The second kappa shape index (κ2) is 31.0. The Morgan fingerprint density at radius 2 is 0.500 bits per heavy atom. The number of hydrogen-bond donors (Lipinski definition) is 0. The molecular weight excluding hydrogens is 1570 g/mol. The summed E-state index contributed by atoms with van der Waals surface area (Å²) >= 11 is 3.71. The van der Waals surface area contributed by atoms with Gasteiger partial charge in [-0.3, -0.25) is 13.7 Å². The van der Waals surface area contributed by atoms with Crippen LogP contribution in [0.4, 0.5) is 0 Å². The number of nitrogens with zero attached hydrogens (tertiary/aromatic N) is 6. The van der Waals surface area contributed by atoms with Crippen molar-refractivity contribution in [1.29, 1.82) is 2.56 Å². The molecule has 0 bridgehead atoms. The van der Waals surface area contributed by atoms with Crippen molar-refractivity contribution in [2.24, 2.45) is 0 Å². The van der Waals surface area contributed by atoms with E-state index in [9.17, 15) is 0 Å². The highest BCUT2D eigenvalue weighted by atomic mass is 127. The van der Waals surface area contributed by atoms with Gasteiger partial charge in [-0.05, 0) is 243 Å². The Kier molecular flexibility index (Phi) is 20.2. The minimum Gasteiger partial charge on any atom is -0.292 e. The molecule has 13 aromatic carbocycles. The van der Waals surface area contributed by atoms with Crippen LogP contribution in [0.15, 0.2) is 303 Å². The van der Waals surface area contributed by atoms with Gasteiger partial charge in [0.1, 0.15) is 32.6 Å².